The minimum absolute atomic E-state index is 0.0753. The molecule has 116 valence electrons. The van der Waals surface area contributed by atoms with E-state index in [0.717, 1.165) is 5.56 Å². The van der Waals surface area contributed by atoms with Gasteiger partial charge in [-0.05, 0) is 29.5 Å². The third-order valence-corrected chi connectivity index (χ3v) is 3.01. The van der Waals surface area contributed by atoms with Crippen molar-refractivity contribution in [2.24, 2.45) is 5.41 Å². The summed E-state index contributed by atoms with van der Waals surface area (Å²) in [5.41, 5.74) is 1.11. The second kappa shape index (κ2) is 7.22. The van der Waals surface area contributed by atoms with Gasteiger partial charge in [0, 0.05) is 11.6 Å². The van der Waals surface area contributed by atoms with E-state index in [2.05, 4.69) is 5.32 Å². The molecule has 0 spiro atoms. The molecule has 0 bridgehead atoms. The summed E-state index contributed by atoms with van der Waals surface area (Å²) >= 11 is 0. The second-order valence-corrected chi connectivity index (χ2v) is 6.39. The fraction of sp³-hybridized carbons (Fsp3) is 0.500. The highest BCUT2D eigenvalue weighted by molar-refractivity contribution is 5.94. The van der Waals surface area contributed by atoms with Gasteiger partial charge in [-0.2, -0.15) is 0 Å². The molecule has 0 aromatic heterocycles. The molecule has 0 fully saturated rings. The molecule has 0 saturated heterocycles. The predicted molar refractivity (Wildman–Crippen MR) is 79.9 cm³/mol. The van der Waals surface area contributed by atoms with Crippen molar-refractivity contribution in [1.29, 1.82) is 0 Å². The number of hydrogen-bond donors (Lipinski definition) is 3. The van der Waals surface area contributed by atoms with Crippen molar-refractivity contribution in [3.63, 3.8) is 0 Å². The number of carbonyl (C=O) groups excluding carboxylic acids is 1. The molecular formula is C16H23NO4. The Hall–Kier alpha value is -1.88. The van der Waals surface area contributed by atoms with E-state index >= 15 is 0 Å². The summed E-state index contributed by atoms with van der Waals surface area (Å²) in [6.07, 6.45) is 0.484. The third kappa shape index (κ3) is 6.40. The third-order valence-electron chi connectivity index (χ3n) is 3.01. The van der Waals surface area contributed by atoms with Gasteiger partial charge in [0.2, 0.25) is 0 Å². The van der Waals surface area contributed by atoms with Gasteiger partial charge in [-0.15, -0.1) is 0 Å². The summed E-state index contributed by atoms with van der Waals surface area (Å²) in [6.45, 7) is 5.94. The van der Waals surface area contributed by atoms with Gasteiger partial charge in [0.05, 0.1) is 13.0 Å². The Morgan fingerprint density at radius 2 is 1.76 bits per heavy atom. The minimum atomic E-state index is -0.930. The number of nitrogens with one attached hydrogen (secondary N) is 1. The molecule has 1 rings (SSSR count). The zero-order valence-corrected chi connectivity index (χ0v) is 12.7. The summed E-state index contributed by atoms with van der Waals surface area (Å²) in [6, 6.07) is 6.17. The van der Waals surface area contributed by atoms with Gasteiger partial charge in [0.1, 0.15) is 0 Å². The topological polar surface area (TPSA) is 86.6 Å². The average Bonchev–Trinajstić information content (AvgIpc) is 2.36. The number of carboxylic acid groups (broad SMARTS) is 1. The highest BCUT2D eigenvalue weighted by atomic mass is 16.4. The number of aliphatic hydroxyl groups excluding tert-OH is 1. The molecular weight excluding hydrogens is 270 g/mol. The summed E-state index contributed by atoms with van der Waals surface area (Å²) in [5, 5.41) is 20.7. The zero-order chi connectivity index (χ0) is 16.0. The molecule has 5 heteroatoms. The summed E-state index contributed by atoms with van der Waals surface area (Å²) in [5.74, 6) is -1.23. The monoisotopic (exact) mass is 293 g/mol. The molecule has 0 radical (unpaired) electrons. The first kappa shape index (κ1) is 17.2. The summed E-state index contributed by atoms with van der Waals surface area (Å²) in [7, 11) is 0. The van der Waals surface area contributed by atoms with Crippen molar-refractivity contribution in [3.05, 3.63) is 35.4 Å². The Morgan fingerprint density at radius 3 is 2.19 bits per heavy atom. The fourth-order valence-electron chi connectivity index (χ4n) is 2.15. The number of aliphatic carboxylic acids is 1. The SMILES string of the molecule is CC(C)(C)CC(CC(=O)O)NC(=O)c1ccc(CO)cc1. The predicted octanol–water partition coefficient (Wildman–Crippen LogP) is 2.19. The number of benzene rings is 1. The van der Waals surface area contributed by atoms with Crippen LogP contribution in [0.1, 0.15) is 49.5 Å². The lowest BCUT2D eigenvalue weighted by Gasteiger charge is -2.25. The summed E-state index contributed by atoms with van der Waals surface area (Å²) in [4.78, 5) is 23.1. The molecule has 21 heavy (non-hydrogen) atoms. The molecule has 0 heterocycles. The largest absolute Gasteiger partial charge is 0.481 e. The standard InChI is InChI=1S/C16H23NO4/c1-16(2,3)9-13(8-14(19)20)17-15(21)12-6-4-11(10-18)5-7-12/h4-7,13,18H,8-10H2,1-3H3,(H,17,21)(H,19,20). The van der Waals surface area contributed by atoms with Crippen molar-refractivity contribution >= 4 is 11.9 Å². The number of aliphatic hydroxyl groups is 1. The van der Waals surface area contributed by atoms with Crippen LogP contribution in [0.25, 0.3) is 0 Å². The number of hydrogen-bond acceptors (Lipinski definition) is 3. The molecule has 1 aromatic rings. The Morgan fingerprint density at radius 1 is 1.19 bits per heavy atom. The first-order chi connectivity index (χ1) is 9.71. The lowest BCUT2D eigenvalue weighted by Crippen LogP contribution is -2.39. The van der Waals surface area contributed by atoms with E-state index in [4.69, 9.17) is 10.2 Å². The number of carboxylic acids is 1. The van der Waals surface area contributed by atoms with E-state index in [9.17, 15) is 9.59 Å². The van der Waals surface area contributed by atoms with Crippen LogP contribution in [0.3, 0.4) is 0 Å². The van der Waals surface area contributed by atoms with Gasteiger partial charge >= 0.3 is 5.97 Å². The maximum absolute atomic E-state index is 12.2. The molecule has 0 saturated carbocycles. The van der Waals surface area contributed by atoms with Crippen molar-refractivity contribution in [2.75, 3.05) is 0 Å². The highest BCUT2D eigenvalue weighted by Crippen LogP contribution is 2.22. The molecule has 3 N–H and O–H groups in total. The zero-order valence-electron chi connectivity index (χ0n) is 12.7. The lowest BCUT2D eigenvalue weighted by atomic mass is 9.87. The van der Waals surface area contributed by atoms with Crippen LogP contribution in [0.2, 0.25) is 0 Å². The van der Waals surface area contributed by atoms with Crippen LogP contribution in [0.4, 0.5) is 0 Å². The van der Waals surface area contributed by atoms with Gasteiger partial charge in [-0.1, -0.05) is 32.9 Å². The van der Waals surface area contributed by atoms with Crippen LogP contribution in [-0.2, 0) is 11.4 Å². The smallest absolute Gasteiger partial charge is 0.305 e. The molecule has 0 aliphatic heterocycles. The molecule has 5 nitrogen and oxygen atoms in total. The number of carbonyl (C=O) groups is 2. The highest BCUT2D eigenvalue weighted by Gasteiger charge is 2.23. The minimum Gasteiger partial charge on any atom is -0.481 e. The van der Waals surface area contributed by atoms with Gasteiger partial charge in [-0.25, -0.2) is 0 Å². The van der Waals surface area contributed by atoms with Crippen LogP contribution in [0, 0.1) is 5.41 Å². The summed E-state index contributed by atoms with van der Waals surface area (Å²) < 4.78 is 0. The normalized spacial score (nSPS) is 12.8. The van der Waals surface area contributed by atoms with Gasteiger partial charge in [0.25, 0.3) is 5.91 Å². The van der Waals surface area contributed by atoms with Crippen LogP contribution in [0.15, 0.2) is 24.3 Å². The maximum Gasteiger partial charge on any atom is 0.305 e. The fourth-order valence-corrected chi connectivity index (χ4v) is 2.15. The molecule has 0 aliphatic rings. The van der Waals surface area contributed by atoms with Crippen LogP contribution < -0.4 is 5.32 Å². The van der Waals surface area contributed by atoms with Crippen LogP contribution in [0.5, 0.6) is 0 Å². The molecule has 0 aliphatic carbocycles. The van der Waals surface area contributed by atoms with E-state index in [1.165, 1.54) is 0 Å². The van der Waals surface area contributed by atoms with Gasteiger partial charge in [-0.3, -0.25) is 9.59 Å². The number of amides is 1. The van der Waals surface area contributed by atoms with E-state index < -0.39 is 12.0 Å². The Labute approximate surface area is 125 Å². The molecule has 1 unspecified atom stereocenters. The quantitative estimate of drug-likeness (QED) is 0.750. The van der Waals surface area contributed by atoms with E-state index in [-0.39, 0.29) is 24.3 Å². The van der Waals surface area contributed by atoms with E-state index in [0.29, 0.717) is 12.0 Å². The first-order valence-corrected chi connectivity index (χ1v) is 6.94. The first-order valence-electron chi connectivity index (χ1n) is 6.94. The molecule has 1 aromatic carbocycles. The van der Waals surface area contributed by atoms with Crippen molar-refractivity contribution in [1.82, 2.24) is 5.32 Å². The number of rotatable bonds is 6. The average molecular weight is 293 g/mol. The van der Waals surface area contributed by atoms with E-state index in [1.807, 2.05) is 20.8 Å². The lowest BCUT2D eigenvalue weighted by molar-refractivity contribution is -0.137. The Kier molecular flexibility index (Phi) is 5.90. The Bertz CT molecular complexity index is 488. The van der Waals surface area contributed by atoms with Crippen molar-refractivity contribution in [3.8, 4) is 0 Å². The van der Waals surface area contributed by atoms with E-state index in [1.54, 1.807) is 24.3 Å². The van der Waals surface area contributed by atoms with Crippen LogP contribution >= 0.6 is 0 Å². The molecule has 1 atom stereocenters. The Balaban J connectivity index is 2.76. The molecule has 1 amide bonds. The van der Waals surface area contributed by atoms with Gasteiger partial charge in [0.15, 0.2) is 0 Å². The van der Waals surface area contributed by atoms with Crippen molar-refractivity contribution in [2.45, 2.75) is 46.3 Å². The second-order valence-electron chi connectivity index (χ2n) is 6.39. The van der Waals surface area contributed by atoms with Crippen molar-refractivity contribution < 1.29 is 19.8 Å². The van der Waals surface area contributed by atoms with Gasteiger partial charge < -0.3 is 15.5 Å². The van der Waals surface area contributed by atoms with Crippen LogP contribution in [-0.4, -0.2) is 28.1 Å². The maximum atomic E-state index is 12.2.